The summed E-state index contributed by atoms with van der Waals surface area (Å²) in [6.07, 6.45) is -8.71. The maximum Gasteiger partial charge on any atom is 0.530 e. The molecule has 15 rings (SSSR count). The number of hydrogen-bond donors (Lipinski definition) is 8. The van der Waals surface area contributed by atoms with Crippen molar-refractivity contribution in [1.82, 2.24) is 28.7 Å². The Hall–Kier alpha value is -8.16. The molecule has 6 saturated heterocycles. The molecule has 0 aliphatic carbocycles. The van der Waals surface area contributed by atoms with Crippen LogP contribution in [0.2, 0.25) is 15.1 Å². The average molecular weight is 2010 g/mol. The molecule has 49 heteroatoms. The molecule has 3 unspecified atom stereocenters. The zero-order valence-corrected chi connectivity index (χ0v) is 78.1. The lowest BCUT2D eigenvalue weighted by Crippen LogP contribution is -2.35. The van der Waals surface area contributed by atoms with Crippen LogP contribution in [0.1, 0.15) is 106 Å². The highest BCUT2D eigenvalue weighted by atomic mass is 35.5. The highest BCUT2D eigenvalue weighted by Crippen LogP contribution is 2.61. The summed E-state index contributed by atoms with van der Waals surface area (Å²) in [5.74, 6) is -1.49. The van der Waals surface area contributed by atoms with Crippen LogP contribution >= 0.6 is 93.6 Å². The van der Waals surface area contributed by atoms with Gasteiger partial charge in [0, 0.05) is 69.0 Å². The fourth-order valence-electron chi connectivity index (χ4n) is 14.2. The summed E-state index contributed by atoms with van der Waals surface area (Å²) in [6, 6.07) is 45.8. The van der Waals surface area contributed by atoms with E-state index in [1.807, 2.05) is 0 Å². The third kappa shape index (κ3) is 27.4. The van der Waals surface area contributed by atoms with E-state index in [4.69, 9.17) is 119 Å². The van der Waals surface area contributed by atoms with E-state index in [1.165, 1.54) is 73.2 Å². The van der Waals surface area contributed by atoms with Gasteiger partial charge in [0.25, 0.3) is 17.7 Å². The first kappa shape index (κ1) is 104. The number of ether oxygens (including phenoxy) is 3. The molecule has 6 aliphatic heterocycles. The molecule has 24 atom stereocenters. The van der Waals surface area contributed by atoms with E-state index in [-0.39, 0.29) is 69.2 Å². The quantitative estimate of drug-likeness (QED) is 0.0148. The number of alkyl halides is 3. The third-order valence-electron chi connectivity index (χ3n) is 20.8. The van der Waals surface area contributed by atoms with E-state index in [0.717, 1.165) is 49.0 Å². The van der Waals surface area contributed by atoms with Crippen LogP contribution < -0.4 is 46.6 Å². The summed E-state index contributed by atoms with van der Waals surface area (Å²) in [6.45, 7) is 4.29. The van der Waals surface area contributed by atoms with Crippen molar-refractivity contribution in [2.24, 2.45) is 0 Å². The lowest BCUT2D eigenvalue weighted by molar-refractivity contribution is -0.0155. The van der Waals surface area contributed by atoms with Gasteiger partial charge in [0.05, 0.1) is 47.1 Å². The zero-order valence-electron chi connectivity index (χ0n) is 70.7. The van der Waals surface area contributed by atoms with Crippen LogP contribution in [0.5, 0.6) is 17.2 Å². The number of aliphatic hydroxyl groups excluding tert-OH is 4. The van der Waals surface area contributed by atoms with Crippen LogP contribution in [-0.4, -0.2) is 222 Å². The van der Waals surface area contributed by atoms with Gasteiger partial charge in [0.2, 0.25) is 0 Å². The van der Waals surface area contributed by atoms with Crippen molar-refractivity contribution in [2.45, 2.75) is 183 Å². The number of benzene rings is 6. The van der Waals surface area contributed by atoms with Crippen molar-refractivity contribution < 1.29 is 117 Å². The predicted octanol–water partition coefficient (Wildman–Crippen LogP) is 13.2. The number of nitrogens with zero attached hydrogens (tertiary/aromatic N) is 6. The molecule has 34 nitrogen and oxygen atoms in total. The van der Waals surface area contributed by atoms with Gasteiger partial charge < -0.3 is 64.2 Å². The first-order valence-corrected chi connectivity index (χ1v) is 49.8. The smallest absolute Gasteiger partial charge is 0.403 e. The number of hydrogen-bond acceptors (Lipinski definition) is 30. The Balaban J connectivity index is 0.000000172. The van der Waals surface area contributed by atoms with Gasteiger partial charge >= 0.3 is 40.5 Å². The maximum absolute atomic E-state index is 16.2. The molecule has 6 radical (unpaired) electrons. The summed E-state index contributed by atoms with van der Waals surface area (Å²) in [5, 5.41) is 40.4. The SMILES string of the molecule is CC[C@H]1S[C@@H](n2ccc(NC(=O)c3ccccc3)nc2=O)[C@@H](F)[C@@H]1OP(=O)(O)Oc1ccccc1Cl.[B][C@H]1C[C@H](O)[C@@H](CO)O1.[B][C@H]1C[C@H](O)[C@@H](COP(=O)(Oc2ccccc2Cl)O[C@H]2[C@H](F)[C@H](n3ccc(NC(=O)c4ccccc4)nc3=O)S[C@@H]2CC)O1.[B][C@H]1C[C@H](OP(=O)(Oc2ccccc2Cl)O[C@H]2[C@H](F)[C@H](n3ccc(NC(=O)c4ccccc4)nc3=O)S[C@@H]2CC)[C@@H](CO)O1. The Labute approximate surface area is 792 Å². The number of rotatable bonds is 31. The number of phosphoric acid groups is 3. The third-order valence-corrected chi connectivity index (χ3v) is 30.7. The second kappa shape index (κ2) is 47.7. The van der Waals surface area contributed by atoms with Crippen LogP contribution in [0.4, 0.5) is 30.6 Å². The Kier molecular flexibility index (Phi) is 37.3. The van der Waals surface area contributed by atoms with Crippen molar-refractivity contribution >= 4 is 152 Å². The summed E-state index contributed by atoms with van der Waals surface area (Å²) in [7, 11) is 2.87. The molecule has 0 spiro atoms. The molecule has 9 heterocycles. The molecule has 0 bridgehead atoms. The van der Waals surface area contributed by atoms with Crippen LogP contribution in [0, 0.1) is 0 Å². The Morgan fingerprint density at radius 3 is 1.10 bits per heavy atom. The molecular formula is C84H89B3Cl3F3N9O25P3S3. The second-order valence-corrected chi connectivity index (χ2v) is 39.8. The molecule has 9 aromatic rings. The number of amides is 3. The van der Waals surface area contributed by atoms with E-state index >= 15 is 13.2 Å². The number of carbonyl (C=O) groups is 3. The fourth-order valence-corrected chi connectivity index (χ4v) is 23.8. The number of anilines is 3. The van der Waals surface area contributed by atoms with E-state index in [0.29, 0.717) is 42.4 Å². The number of halogens is 6. The molecule has 133 heavy (non-hydrogen) atoms. The van der Waals surface area contributed by atoms with Crippen LogP contribution in [0.15, 0.2) is 215 Å². The summed E-state index contributed by atoms with van der Waals surface area (Å²) in [5.41, 5.74) is -1.26. The molecule has 0 saturated carbocycles. The number of aromatic nitrogens is 6. The van der Waals surface area contributed by atoms with Gasteiger partial charge in [0.1, 0.15) is 117 Å². The number of thioether (sulfide) groups is 3. The highest BCUT2D eigenvalue weighted by Gasteiger charge is 2.55. The molecule has 3 aromatic heterocycles. The Bertz CT molecular complexity index is 5800. The van der Waals surface area contributed by atoms with E-state index < -0.39 is 195 Å². The largest absolute Gasteiger partial charge is 0.530 e. The molecular weight excluding hydrogens is 1920 g/mol. The molecule has 3 amide bonds. The topological polar surface area (TPSA) is 446 Å². The Morgan fingerprint density at radius 2 is 0.767 bits per heavy atom. The average Bonchev–Trinajstić information content (AvgIpc) is 1.64. The summed E-state index contributed by atoms with van der Waals surface area (Å²) >= 11 is 21.7. The minimum Gasteiger partial charge on any atom is -0.403 e. The molecule has 704 valence electrons. The number of nitrogens with one attached hydrogen (secondary N) is 3. The van der Waals surface area contributed by atoms with Gasteiger partial charge in [-0.1, -0.05) is 147 Å². The first-order valence-electron chi connectivity index (χ1n) is 41.4. The normalized spacial score (nSPS) is 27.7. The van der Waals surface area contributed by atoms with Gasteiger partial charge in [-0.25, -0.2) is 41.3 Å². The van der Waals surface area contributed by atoms with E-state index in [2.05, 4.69) is 30.9 Å². The predicted molar refractivity (Wildman–Crippen MR) is 495 cm³/mol. The zero-order chi connectivity index (χ0) is 95.6. The number of phosphoric ester groups is 3. The van der Waals surface area contributed by atoms with E-state index in [9.17, 15) is 57.6 Å². The van der Waals surface area contributed by atoms with Crippen molar-refractivity contribution in [3.63, 3.8) is 0 Å². The summed E-state index contributed by atoms with van der Waals surface area (Å²) in [4.78, 5) is 97.9. The molecule has 6 aliphatic rings. The van der Waals surface area contributed by atoms with E-state index in [1.54, 1.807) is 148 Å². The van der Waals surface area contributed by atoms with Crippen LogP contribution in [0.25, 0.3) is 0 Å². The molecule has 8 N–H and O–H groups in total. The van der Waals surface area contributed by atoms with Crippen molar-refractivity contribution in [2.75, 3.05) is 35.8 Å². The monoisotopic (exact) mass is 2010 g/mol. The number of carbonyl (C=O) groups excluding carboxylic acids is 3. The van der Waals surface area contributed by atoms with Crippen molar-refractivity contribution in [3.8, 4) is 17.2 Å². The summed E-state index contributed by atoms with van der Waals surface area (Å²) < 4.78 is 152. The first-order chi connectivity index (χ1) is 63.6. The second-order valence-electron chi connectivity index (χ2n) is 30.1. The minimum atomic E-state index is -4.75. The highest BCUT2D eigenvalue weighted by molar-refractivity contribution is 8.00. The lowest BCUT2D eigenvalue weighted by atomic mass is 9.96. The number of aliphatic hydroxyl groups is 4. The molecule has 6 fully saturated rings. The Morgan fingerprint density at radius 1 is 0.451 bits per heavy atom. The van der Waals surface area contributed by atoms with Gasteiger partial charge in [-0.2, -0.15) is 15.0 Å². The van der Waals surface area contributed by atoms with Gasteiger partial charge in [-0.3, -0.25) is 55.6 Å². The number of para-hydroxylation sites is 3. The van der Waals surface area contributed by atoms with Crippen molar-refractivity contribution in [3.05, 3.63) is 264 Å². The standard InChI is InChI=1S/2C28H29BClFN3O8PS.C23H22ClFN3O6PS.C5H9BO3/c1-2-21-25(42-43(38,41-19-11-7-6-10-17(19)30)39-15-20-18(35)14-22(29)40-20)24(31)27(44-21)34-13-12-23(33-28(34)37)32-26(36)16-8-4-3-5-9-16;1-2-21-25(42-43(38,40-18-11-7-6-10-17(18)30)41-19-14-22(29)39-20(19)15-35)24(31)27(44-21)34-13-12-23(33-28(34)37)32-26(36)16-8-4-3-5-9-16;1-2-17-20(34-35(31,32)33-16-11-7-6-10-15(16)24)19(25)22(36-17)28-13-12-18(27-23(28)30)26-21(29)14-8-4-3-5-9-14;6-5-1-3(8)4(2-7)9-5/h3-13,18,20-22,24-25,27,35H,2,14-15H2,1H3,(H,32,33,36,37);3-13,19-22,24-25,27,35H,2,14-15H2,1H3,(H,32,33,36,37);3-13,17,19-20,22H,2H2,1H3,(H,31,32)(H,26,27,29,30);3-5,7-8H,1-2H2/t18-,20+,21+,22+,24-,25+,27+,43?;19-,20+,21+,22+,24-,25+,27+,43?;17-,19+,20-,22-;3-,4+,5+/m0010/s1. The molecule has 6 aromatic carbocycles. The maximum atomic E-state index is 16.2. The van der Waals surface area contributed by atoms with Gasteiger partial charge in [-0.15, -0.1) is 35.3 Å². The fraction of sp³-hybridized carbons (Fsp3) is 0.393. The minimum absolute atomic E-state index is 0.000168. The van der Waals surface area contributed by atoms with Crippen molar-refractivity contribution in [1.29, 1.82) is 0 Å². The van der Waals surface area contributed by atoms with Crippen LogP contribution in [-0.2, 0) is 50.5 Å². The van der Waals surface area contributed by atoms with Gasteiger partial charge in [-0.05, 0) is 130 Å². The lowest BCUT2D eigenvalue weighted by Gasteiger charge is -2.28. The van der Waals surface area contributed by atoms with Crippen LogP contribution in [0.3, 0.4) is 0 Å². The van der Waals surface area contributed by atoms with Gasteiger partial charge in [0.15, 0.2) is 18.5 Å².